The Morgan fingerprint density at radius 3 is 2.81 bits per heavy atom. The number of hydrogen-bond acceptors (Lipinski definition) is 3. The number of carbonyl (C=O) groups excluding carboxylic acids is 2. The van der Waals surface area contributed by atoms with Crippen molar-refractivity contribution in [2.75, 3.05) is 23.4 Å². The molecule has 26 heavy (non-hydrogen) atoms. The average Bonchev–Trinajstić information content (AvgIpc) is 3.06. The molecule has 0 aliphatic carbocycles. The molecule has 5 heteroatoms. The summed E-state index contributed by atoms with van der Waals surface area (Å²) in [6.07, 6.45) is 2.51. The molecule has 0 saturated carbocycles. The van der Waals surface area contributed by atoms with Crippen LogP contribution in [0.15, 0.2) is 48.5 Å². The van der Waals surface area contributed by atoms with E-state index in [1.54, 1.807) is 4.90 Å². The molecule has 1 saturated heterocycles. The zero-order valence-corrected chi connectivity index (χ0v) is 15.0. The number of nitrogens with one attached hydrogen (secondary N) is 1. The van der Waals surface area contributed by atoms with Gasteiger partial charge in [-0.25, -0.2) is 0 Å². The van der Waals surface area contributed by atoms with E-state index in [2.05, 4.69) is 5.32 Å². The van der Waals surface area contributed by atoms with Crippen LogP contribution in [-0.4, -0.2) is 25.0 Å². The van der Waals surface area contributed by atoms with Gasteiger partial charge in [-0.15, -0.1) is 0 Å². The fourth-order valence-electron chi connectivity index (χ4n) is 3.03. The third kappa shape index (κ3) is 4.63. The zero-order valence-electron chi connectivity index (χ0n) is 15.0. The van der Waals surface area contributed by atoms with Gasteiger partial charge in [-0.2, -0.15) is 0 Å². The molecule has 0 radical (unpaired) electrons. The lowest BCUT2D eigenvalue weighted by Gasteiger charge is -2.16. The Morgan fingerprint density at radius 2 is 2.04 bits per heavy atom. The lowest BCUT2D eigenvalue weighted by Crippen LogP contribution is -2.23. The van der Waals surface area contributed by atoms with Gasteiger partial charge in [0.25, 0.3) is 0 Å². The van der Waals surface area contributed by atoms with E-state index in [9.17, 15) is 9.59 Å². The second-order valence-electron chi connectivity index (χ2n) is 6.46. The smallest absolute Gasteiger partial charge is 0.227 e. The molecule has 2 aromatic carbocycles. The van der Waals surface area contributed by atoms with Crippen LogP contribution in [0.2, 0.25) is 0 Å². The van der Waals surface area contributed by atoms with Crippen LogP contribution >= 0.6 is 0 Å². The van der Waals surface area contributed by atoms with Crippen LogP contribution in [0.5, 0.6) is 5.75 Å². The van der Waals surface area contributed by atoms with Crippen molar-refractivity contribution in [3.8, 4) is 5.75 Å². The molecule has 0 spiro atoms. The fourth-order valence-corrected chi connectivity index (χ4v) is 3.03. The standard InChI is InChI=1S/C21H24N2O3/c1-16-7-2-3-10-19(16)26-14-6-11-20(24)22-17-8-4-9-18(15-17)23-13-5-12-21(23)25/h2-4,7-10,15H,5-6,11-14H2,1H3,(H,22,24). The molecule has 2 aromatic rings. The normalized spacial score (nSPS) is 13.7. The van der Waals surface area contributed by atoms with E-state index in [0.29, 0.717) is 31.6 Å². The minimum atomic E-state index is -0.0525. The number of benzene rings is 2. The predicted octanol–water partition coefficient (Wildman–Crippen LogP) is 3.92. The van der Waals surface area contributed by atoms with E-state index in [1.165, 1.54) is 0 Å². The van der Waals surface area contributed by atoms with Crippen molar-refractivity contribution in [3.05, 3.63) is 54.1 Å². The largest absolute Gasteiger partial charge is 0.493 e. The van der Waals surface area contributed by atoms with Crippen LogP contribution < -0.4 is 15.0 Å². The van der Waals surface area contributed by atoms with Crippen LogP contribution in [0, 0.1) is 6.92 Å². The Bertz CT molecular complexity index is 788. The number of nitrogens with zero attached hydrogens (tertiary/aromatic N) is 1. The Morgan fingerprint density at radius 1 is 1.19 bits per heavy atom. The van der Waals surface area contributed by atoms with E-state index in [-0.39, 0.29) is 11.8 Å². The summed E-state index contributed by atoms with van der Waals surface area (Å²) in [6.45, 7) is 3.24. The summed E-state index contributed by atoms with van der Waals surface area (Å²) >= 11 is 0. The van der Waals surface area contributed by atoms with Crippen molar-refractivity contribution < 1.29 is 14.3 Å². The van der Waals surface area contributed by atoms with Gasteiger partial charge in [-0.1, -0.05) is 24.3 Å². The van der Waals surface area contributed by atoms with Gasteiger partial charge < -0.3 is 15.0 Å². The number of ether oxygens (including phenoxy) is 1. The highest BCUT2D eigenvalue weighted by Gasteiger charge is 2.21. The number of anilines is 2. The minimum Gasteiger partial charge on any atom is -0.493 e. The van der Waals surface area contributed by atoms with E-state index in [4.69, 9.17) is 4.74 Å². The molecule has 1 aliphatic rings. The van der Waals surface area contributed by atoms with Crippen LogP contribution in [0.4, 0.5) is 11.4 Å². The second kappa shape index (κ2) is 8.52. The van der Waals surface area contributed by atoms with Gasteiger partial charge in [0.05, 0.1) is 6.61 Å². The quantitative estimate of drug-likeness (QED) is 0.769. The first-order valence-corrected chi connectivity index (χ1v) is 9.02. The number of amides is 2. The van der Waals surface area contributed by atoms with Crippen LogP contribution in [0.1, 0.15) is 31.2 Å². The van der Waals surface area contributed by atoms with Crippen molar-refractivity contribution in [2.24, 2.45) is 0 Å². The third-order valence-corrected chi connectivity index (χ3v) is 4.41. The molecule has 1 aliphatic heterocycles. The molecule has 2 amide bonds. The number of carbonyl (C=O) groups is 2. The highest BCUT2D eigenvalue weighted by Crippen LogP contribution is 2.24. The summed E-state index contributed by atoms with van der Waals surface area (Å²) in [5.74, 6) is 0.945. The Kier molecular flexibility index (Phi) is 5.89. The first kappa shape index (κ1) is 18.0. The first-order chi connectivity index (χ1) is 12.6. The van der Waals surface area contributed by atoms with E-state index < -0.39 is 0 Å². The lowest BCUT2D eigenvalue weighted by atomic mass is 10.2. The lowest BCUT2D eigenvalue weighted by molar-refractivity contribution is -0.117. The average molecular weight is 352 g/mol. The van der Waals surface area contributed by atoms with Crippen LogP contribution in [0.3, 0.4) is 0 Å². The molecule has 0 atom stereocenters. The highest BCUT2D eigenvalue weighted by atomic mass is 16.5. The Labute approximate surface area is 154 Å². The van der Waals surface area contributed by atoms with Crippen LogP contribution in [-0.2, 0) is 9.59 Å². The number of aryl methyl sites for hydroxylation is 1. The van der Waals surface area contributed by atoms with Crippen molar-refractivity contribution in [1.82, 2.24) is 0 Å². The van der Waals surface area contributed by atoms with Gasteiger partial charge in [-0.3, -0.25) is 9.59 Å². The Balaban J connectivity index is 1.46. The minimum absolute atomic E-state index is 0.0525. The number of para-hydroxylation sites is 1. The van der Waals surface area contributed by atoms with Crippen molar-refractivity contribution in [2.45, 2.75) is 32.6 Å². The monoisotopic (exact) mass is 352 g/mol. The molecule has 5 nitrogen and oxygen atoms in total. The maximum absolute atomic E-state index is 12.1. The maximum atomic E-state index is 12.1. The molecular weight excluding hydrogens is 328 g/mol. The van der Waals surface area contributed by atoms with Crippen molar-refractivity contribution >= 4 is 23.2 Å². The molecule has 0 aromatic heterocycles. The number of rotatable bonds is 7. The van der Waals surface area contributed by atoms with E-state index in [1.807, 2.05) is 55.5 Å². The summed E-state index contributed by atoms with van der Waals surface area (Å²) < 4.78 is 5.71. The summed E-state index contributed by atoms with van der Waals surface area (Å²) in [5, 5.41) is 2.90. The van der Waals surface area contributed by atoms with Gasteiger partial charge in [0.15, 0.2) is 0 Å². The molecule has 1 N–H and O–H groups in total. The van der Waals surface area contributed by atoms with Crippen LogP contribution in [0.25, 0.3) is 0 Å². The fraction of sp³-hybridized carbons (Fsp3) is 0.333. The van der Waals surface area contributed by atoms with E-state index in [0.717, 1.165) is 30.0 Å². The summed E-state index contributed by atoms with van der Waals surface area (Å²) in [7, 11) is 0. The second-order valence-corrected chi connectivity index (χ2v) is 6.46. The third-order valence-electron chi connectivity index (χ3n) is 4.41. The molecule has 1 fully saturated rings. The van der Waals surface area contributed by atoms with Gasteiger partial charge in [0, 0.05) is 30.8 Å². The van der Waals surface area contributed by atoms with Gasteiger partial charge in [0.1, 0.15) is 5.75 Å². The molecule has 136 valence electrons. The summed E-state index contributed by atoms with van der Waals surface area (Å²) in [5.41, 5.74) is 2.64. The molecule has 0 bridgehead atoms. The van der Waals surface area contributed by atoms with Gasteiger partial charge in [-0.05, 0) is 49.6 Å². The van der Waals surface area contributed by atoms with E-state index >= 15 is 0 Å². The van der Waals surface area contributed by atoms with Gasteiger partial charge in [0.2, 0.25) is 11.8 Å². The molecule has 1 heterocycles. The first-order valence-electron chi connectivity index (χ1n) is 9.02. The molecular formula is C21H24N2O3. The molecule has 0 unspecified atom stereocenters. The number of hydrogen-bond donors (Lipinski definition) is 1. The predicted molar refractivity (Wildman–Crippen MR) is 103 cm³/mol. The maximum Gasteiger partial charge on any atom is 0.227 e. The van der Waals surface area contributed by atoms with Crippen molar-refractivity contribution in [1.29, 1.82) is 0 Å². The topological polar surface area (TPSA) is 58.6 Å². The van der Waals surface area contributed by atoms with Gasteiger partial charge >= 0.3 is 0 Å². The Hall–Kier alpha value is -2.82. The summed E-state index contributed by atoms with van der Waals surface area (Å²) in [4.78, 5) is 25.8. The highest BCUT2D eigenvalue weighted by molar-refractivity contribution is 5.97. The molecule has 3 rings (SSSR count). The van der Waals surface area contributed by atoms with Crippen molar-refractivity contribution in [3.63, 3.8) is 0 Å². The summed E-state index contributed by atoms with van der Waals surface area (Å²) in [6, 6.07) is 15.3. The zero-order chi connectivity index (χ0) is 18.4. The SMILES string of the molecule is Cc1ccccc1OCCCC(=O)Nc1cccc(N2CCCC2=O)c1.